The van der Waals surface area contributed by atoms with E-state index >= 15 is 0 Å². The fraction of sp³-hybridized carbons (Fsp3) is 0.167. The van der Waals surface area contributed by atoms with Gasteiger partial charge >= 0.3 is 0 Å². The summed E-state index contributed by atoms with van der Waals surface area (Å²) in [7, 11) is -2.56. The monoisotopic (exact) mass is 298 g/mol. The number of rotatable bonds is 3. The molecule has 0 unspecified atom stereocenters. The van der Waals surface area contributed by atoms with Crippen LogP contribution >= 0.6 is 11.6 Å². The van der Waals surface area contributed by atoms with E-state index in [9.17, 15) is 13.5 Å². The summed E-state index contributed by atoms with van der Waals surface area (Å²) >= 11 is 5.89. The Bertz CT molecular complexity index is 693. The van der Waals surface area contributed by atoms with E-state index in [0.717, 1.165) is 0 Å². The summed E-state index contributed by atoms with van der Waals surface area (Å²) in [5.74, 6) is 0.107. The molecule has 7 heteroatoms. The lowest BCUT2D eigenvalue weighted by molar-refractivity contribution is 0.477. The number of hydrogen-bond donors (Lipinski definition) is 2. The van der Waals surface area contributed by atoms with E-state index < -0.39 is 10.7 Å². The molecule has 19 heavy (non-hydrogen) atoms. The molecule has 1 N–H and O–H groups in total. The maximum absolute atomic E-state index is 10.6. The second-order valence-corrected chi connectivity index (χ2v) is 5.36. The van der Waals surface area contributed by atoms with E-state index in [1.54, 1.807) is 19.1 Å². The number of halogens is 1. The third-order valence-corrected chi connectivity index (χ3v) is 3.32. The predicted octanol–water partition coefficient (Wildman–Crippen LogP) is 1.92. The lowest BCUT2D eigenvalue weighted by Gasteiger charge is -2.08. The van der Waals surface area contributed by atoms with Crippen LogP contribution in [0, 0.1) is 6.92 Å². The van der Waals surface area contributed by atoms with Gasteiger partial charge in [0.25, 0.3) is 0 Å². The van der Waals surface area contributed by atoms with Crippen molar-refractivity contribution < 1.29 is 13.5 Å². The molecule has 0 fully saturated rings. The zero-order chi connectivity index (χ0) is 14.0. The van der Waals surface area contributed by atoms with Crippen molar-refractivity contribution in [2.24, 2.45) is 0 Å². The fourth-order valence-electron chi connectivity index (χ4n) is 1.70. The minimum Gasteiger partial charge on any atom is -0.507 e. The Morgan fingerprint density at radius 1 is 1.32 bits per heavy atom. The molecular formula is C12H11ClN2O3S. The summed E-state index contributed by atoms with van der Waals surface area (Å²) in [4.78, 5) is 8.09. The number of phenolic OH excluding ortho intramolecular Hbond substituents is 1. The van der Waals surface area contributed by atoms with Crippen molar-refractivity contribution in [2.75, 3.05) is 0 Å². The van der Waals surface area contributed by atoms with Crippen molar-refractivity contribution in [2.45, 2.75) is 12.7 Å². The average Bonchev–Trinajstić information content (AvgIpc) is 2.32. The van der Waals surface area contributed by atoms with E-state index in [2.05, 4.69) is 9.97 Å². The highest BCUT2D eigenvalue weighted by Crippen LogP contribution is 2.32. The Morgan fingerprint density at radius 3 is 2.68 bits per heavy atom. The summed E-state index contributed by atoms with van der Waals surface area (Å²) in [6.45, 7) is 1.72. The van der Waals surface area contributed by atoms with Gasteiger partial charge in [-0.05, 0) is 25.1 Å². The molecule has 1 heterocycles. The minimum atomic E-state index is -2.56. The molecule has 0 aliphatic rings. The third kappa shape index (κ3) is 3.21. The molecule has 0 bridgehead atoms. The van der Waals surface area contributed by atoms with Crippen molar-refractivity contribution in [3.8, 4) is 16.9 Å². The van der Waals surface area contributed by atoms with E-state index in [4.69, 9.17) is 11.6 Å². The van der Waals surface area contributed by atoms with Crippen molar-refractivity contribution in [3.63, 3.8) is 0 Å². The van der Waals surface area contributed by atoms with Gasteiger partial charge in [0.05, 0.1) is 0 Å². The first-order valence-electron chi connectivity index (χ1n) is 5.40. The summed E-state index contributed by atoms with van der Waals surface area (Å²) in [6.07, 6.45) is 1.49. The number of aryl methyl sites for hydroxylation is 1. The topological polar surface area (TPSA) is 80.2 Å². The van der Waals surface area contributed by atoms with Crippen molar-refractivity contribution in [3.05, 3.63) is 40.9 Å². The maximum Gasteiger partial charge on any atom is 0.147 e. The number of hydrogen-bond acceptors (Lipinski definition) is 5. The van der Waals surface area contributed by atoms with E-state index in [1.807, 2.05) is 0 Å². The highest BCUT2D eigenvalue weighted by atomic mass is 35.5. The fourth-order valence-corrected chi connectivity index (χ4v) is 2.25. The molecule has 5 nitrogen and oxygen atoms in total. The SMILES string of the molecule is Cc1nc(C[SH](=O)=O)ncc1-c1cc(Cl)ccc1O. The van der Waals surface area contributed by atoms with Gasteiger partial charge in [-0.25, -0.2) is 18.4 Å². The molecule has 0 saturated carbocycles. The van der Waals surface area contributed by atoms with E-state index in [1.165, 1.54) is 12.3 Å². The van der Waals surface area contributed by atoms with Crippen molar-refractivity contribution in [1.29, 1.82) is 0 Å². The number of nitrogens with zero attached hydrogens (tertiary/aromatic N) is 2. The van der Waals surface area contributed by atoms with Crippen LogP contribution in [-0.2, 0) is 16.5 Å². The average molecular weight is 299 g/mol. The molecule has 0 amide bonds. The van der Waals surface area contributed by atoms with Gasteiger partial charge in [0, 0.05) is 28.0 Å². The quantitative estimate of drug-likeness (QED) is 0.846. The summed E-state index contributed by atoms with van der Waals surface area (Å²) in [6, 6.07) is 4.67. The number of aromatic hydroxyl groups is 1. The smallest absolute Gasteiger partial charge is 0.147 e. The van der Waals surface area contributed by atoms with Crippen LogP contribution in [0.4, 0.5) is 0 Å². The van der Waals surface area contributed by atoms with Gasteiger partial charge in [-0.1, -0.05) is 11.6 Å². The summed E-state index contributed by atoms with van der Waals surface area (Å²) in [5.41, 5.74) is 1.72. The first-order chi connectivity index (χ1) is 8.97. The first kappa shape index (κ1) is 13.8. The summed E-state index contributed by atoms with van der Waals surface area (Å²) < 4.78 is 21.3. The molecule has 0 aliphatic carbocycles. The minimum absolute atomic E-state index is 0.0683. The standard InChI is InChI=1S/C12H11ClN2O3S/c1-7-10(5-14-12(15-7)6-19(17)18)9-4-8(13)2-3-11(9)16/h2-5,16,19H,6H2,1H3. The molecular weight excluding hydrogens is 288 g/mol. The Balaban J connectivity index is 2.48. The normalized spacial score (nSPS) is 10.9. The van der Waals surface area contributed by atoms with Gasteiger partial charge in [0.1, 0.15) is 28.0 Å². The molecule has 100 valence electrons. The molecule has 1 aromatic carbocycles. The largest absolute Gasteiger partial charge is 0.507 e. The summed E-state index contributed by atoms with van der Waals surface area (Å²) in [5, 5.41) is 10.3. The van der Waals surface area contributed by atoms with Crippen LogP contribution in [0.5, 0.6) is 5.75 Å². The second kappa shape index (κ2) is 5.54. The highest BCUT2D eigenvalue weighted by molar-refractivity contribution is 7.71. The van der Waals surface area contributed by atoms with Crippen molar-refractivity contribution in [1.82, 2.24) is 9.97 Å². The van der Waals surface area contributed by atoms with Gasteiger partial charge in [0.2, 0.25) is 0 Å². The van der Waals surface area contributed by atoms with Crippen LogP contribution in [0.3, 0.4) is 0 Å². The Kier molecular flexibility index (Phi) is 4.01. The molecule has 2 rings (SSSR count). The van der Waals surface area contributed by atoms with Gasteiger partial charge in [-0.15, -0.1) is 0 Å². The van der Waals surface area contributed by atoms with Gasteiger partial charge in [-0.2, -0.15) is 0 Å². The molecule has 0 atom stereocenters. The molecule has 1 aromatic heterocycles. The van der Waals surface area contributed by atoms with Gasteiger partial charge in [-0.3, -0.25) is 0 Å². The number of thiol groups is 1. The lowest BCUT2D eigenvalue weighted by atomic mass is 10.1. The van der Waals surface area contributed by atoms with Crippen LogP contribution in [0.1, 0.15) is 11.5 Å². The van der Waals surface area contributed by atoms with Crippen molar-refractivity contribution >= 4 is 22.3 Å². The predicted molar refractivity (Wildman–Crippen MR) is 72.9 cm³/mol. The van der Waals surface area contributed by atoms with Crippen LogP contribution < -0.4 is 0 Å². The molecule has 0 aliphatic heterocycles. The lowest BCUT2D eigenvalue weighted by Crippen LogP contribution is -2.00. The zero-order valence-corrected chi connectivity index (χ0v) is 11.7. The van der Waals surface area contributed by atoms with E-state index in [0.29, 0.717) is 21.8 Å². The molecule has 0 radical (unpaired) electrons. The third-order valence-electron chi connectivity index (χ3n) is 2.55. The number of aromatic nitrogens is 2. The number of benzene rings is 1. The number of phenols is 1. The maximum atomic E-state index is 10.6. The van der Waals surface area contributed by atoms with Gasteiger partial charge in [0.15, 0.2) is 0 Å². The zero-order valence-electron chi connectivity index (χ0n) is 10.00. The van der Waals surface area contributed by atoms with Crippen LogP contribution in [0.25, 0.3) is 11.1 Å². The second-order valence-electron chi connectivity index (χ2n) is 3.94. The first-order valence-corrected chi connectivity index (χ1v) is 7.14. The van der Waals surface area contributed by atoms with Crippen LogP contribution in [-0.4, -0.2) is 23.5 Å². The van der Waals surface area contributed by atoms with Crippen LogP contribution in [0.15, 0.2) is 24.4 Å². The Morgan fingerprint density at radius 2 is 2.05 bits per heavy atom. The van der Waals surface area contributed by atoms with Crippen LogP contribution in [0.2, 0.25) is 5.02 Å². The molecule has 2 aromatic rings. The molecule has 0 saturated heterocycles. The van der Waals surface area contributed by atoms with E-state index in [-0.39, 0.29) is 17.3 Å². The Labute approximate surface area is 116 Å². The Hall–Kier alpha value is -1.66. The highest BCUT2D eigenvalue weighted by Gasteiger charge is 2.11. The molecule has 0 spiro atoms. The van der Waals surface area contributed by atoms with Gasteiger partial charge < -0.3 is 5.11 Å².